The number of hydrogen-bond donors (Lipinski definition) is 2. The second kappa shape index (κ2) is 7.01. The minimum absolute atomic E-state index is 0.00550. The summed E-state index contributed by atoms with van der Waals surface area (Å²) in [7, 11) is 1.70. The third kappa shape index (κ3) is 3.35. The van der Waals surface area contributed by atoms with Gasteiger partial charge in [-0.25, -0.2) is 0 Å². The third-order valence-electron chi connectivity index (χ3n) is 4.59. The Labute approximate surface area is 132 Å². The monoisotopic (exact) mass is 303 g/mol. The molecule has 2 saturated heterocycles. The quantitative estimate of drug-likeness (QED) is 0.886. The average molecular weight is 303 g/mol. The summed E-state index contributed by atoms with van der Waals surface area (Å²) in [5, 5.41) is 6.51. The highest BCUT2D eigenvalue weighted by Crippen LogP contribution is 2.30. The van der Waals surface area contributed by atoms with E-state index in [4.69, 9.17) is 4.74 Å². The molecule has 1 amide bonds. The standard InChI is InChI=1S/C17H25N3O2/c1-22-16-8-3-2-7-15(16)20-11-9-13(12-20)19-17(21)14-6-4-5-10-18-14/h2-3,7-8,13-14,18H,4-6,9-12H2,1H3,(H,19,21)/t13?,14-/m1/s1. The fourth-order valence-electron chi connectivity index (χ4n) is 3.37. The Morgan fingerprint density at radius 2 is 2.18 bits per heavy atom. The first-order valence-corrected chi connectivity index (χ1v) is 8.19. The number of para-hydroxylation sites is 2. The van der Waals surface area contributed by atoms with Crippen LogP contribution in [0, 0.1) is 0 Å². The number of nitrogens with zero attached hydrogens (tertiary/aromatic N) is 1. The van der Waals surface area contributed by atoms with E-state index in [9.17, 15) is 4.79 Å². The van der Waals surface area contributed by atoms with Crippen molar-refractivity contribution in [1.82, 2.24) is 10.6 Å². The number of rotatable bonds is 4. The Bertz CT molecular complexity index is 514. The summed E-state index contributed by atoms with van der Waals surface area (Å²) < 4.78 is 5.43. The smallest absolute Gasteiger partial charge is 0.237 e. The van der Waals surface area contributed by atoms with Crippen molar-refractivity contribution in [1.29, 1.82) is 0 Å². The highest BCUT2D eigenvalue weighted by molar-refractivity contribution is 5.82. The number of carbonyl (C=O) groups is 1. The van der Waals surface area contributed by atoms with E-state index in [2.05, 4.69) is 21.6 Å². The summed E-state index contributed by atoms with van der Waals surface area (Å²) in [4.78, 5) is 14.6. The summed E-state index contributed by atoms with van der Waals surface area (Å²) in [6.07, 6.45) is 4.25. The van der Waals surface area contributed by atoms with Crippen LogP contribution in [0.15, 0.2) is 24.3 Å². The van der Waals surface area contributed by atoms with Gasteiger partial charge in [-0.05, 0) is 37.9 Å². The molecule has 0 radical (unpaired) electrons. The molecule has 0 aliphatic carbocycles. The number of carbonyl (C=O) groups excluding carboxylic acids is 1. The molecule has 2 fully saturated rings. The van der Waals surface area contributed by atoms with Crippen molar-refractivity contribution in [3.05, 3.63) is 24.3 Å². The molecule has 0 saturated carbocycles. The number of amides is 1. The molecule has 3 rings (SSSR count). The lowest BCUT2D eigenvalue weighted by Gasteiger charge is -2.25. The second-order valence-corrected chi connectivity index (χ2v) is 6.11. The van der Waals surface area contributed by atoms with Gasteiger partial charge in [-0.1, -0.05) is 18.6 Å². The number of benzene rings is 1. The lowest BCUT2D eigenvalue weighted by molar-refractivity contribution is -0.124. The van der Waals surface area contributed by atoms with Crippen LogP contribution in [-0.4, -0.2) is 44.7 Å². The predicted octanol–water partition coefficient (Wildman–Crippen LogP) is 1.53. The molecular formula is C17H25N3O2. The average Bonchev–Trinajstić information content (AvgIpc) is 3.04. The van der Waals surface area contributed by atoms with Crippen molar-refractivity contribution in [3.8, 4) is 5.75 Å². The first-order valence-electron chi connectivity index (χ1n) is 8.19. The summed E-state index contributed by atoms with van der Waals surface area (Å²) >= 11 is 0. The van der Waals surface area contributed by atoms with Gasteiger partial charge < -0.3 is 20.3 Å². The van der Waals surface area contributed by atoms with Crippen LogP contribution in [0.4, 0.5) is 5.69 Å². The summed E-state index contributed by atoms with van der Waals surface area (Å²) in [6.45, 7) is 2.75. The van der Waals surface area contributed by atoms with Gasteiger partial charge in [0.15, 0.2) is 0 Å². The van der Waals surface area contributed by atoms with E-state index in [-0.39, 0.29) is 18.0 Å². The predicted molar refractivity (Wildman–Crippen MR) is 87.4 cm³/mol. The van der Waals surface area contributed by atoms with Gasteiger partial charge in [0.25, 0.3) is 0 Å². The molecule has 120 valence electrons. The highest BCUT2D eigenvalue weighted by Gasteiger charge is 2.28. The highest BCUT2D eigenvalue weighted by atomic mass is 16.5. The minimum atomic E-state index is -0.00550. The van der Waals surface area contributed by atoms with E-state index in [1.54, 1.807) is 7.11 Å². The number of anilines is 1. The Balaban J connectivity index is 1.57. The number of piperidine rings is 1. The van der Waals surface area contributed by atoms with Gasteiger partial charge >= 0.3 is 0 Å². The normalized spacial score (nSPS) is 25.0. The fourth-order valence-corrected chi connectivity index (χ4v) is 3.37. The molecule has 2 aliphatic rings. The van der Waals surface area contributed by atoms with Crippen molar-refractivity contribution in [2.75, 3.05) is 31.6 Å². The Morgan fingerprint density at radius 1 is 1.32 bits per heavy atom. The first kappa shape index (κ1) is 15.2. The Kier molecular flexibility index (Phi) is 4.83. The van der Waals surface area contributed by atoms with Crippen LogP contribution in [0.5, 0.6) is 5.75 Å². The van der Waals surface area contributed by atoms with Crippen molar-refractivity contribution in [3.63, 3.8) is 0 Å². The molecule has 5 nitrogen and oxygen atoms in total. The summed E-state index contributed by atoms with van der Waals surface area (Å²) in [5.74, 6) is 1.05. The zero-order valence-corrected chi connectivity index (χ0v) is 13.2. The molecule has 22 heavy (non-hydrogen) atoms. The summed E-state index contributed by atoms with van der Waals surface area (Å²) in [6, 6.07) is 8.27. The molecule has 2 atom stereocenters. The van der Waals surface area contributed by atoms with Crippen LogP contribution in [-0.2, 0) is 4.79 Å². The van der Waals surface area contributed by atoms with Crippen LogP contribution in [0.3, 0.4) is 0 Å². The van der Waals surface area contributed by atoms with Crippen molar-refractivity contribution >= 4 is 11.6 Å². The maximum absolute atomic E-state index is 12.3. The third-order valence-corrected chi connectivity index (χ3v) is 4.59. The summed E-state index contributed by atoms with van der Waals surface area (Å²) in [5.41, 5.74) is 1.11. The molecule has 0 aromatic heterocycles. The molecule has 5 heteroatoms. The lowest BCUT2D eigenvalue weighted by atomic mass is 10.0. The first-order chi connectivity index (χ1) is 10.8. The number of ether oxygens (including phenoxy) is 1. The fraction of sp³-hybridized carbons (Fsp3) is 0.588. The second-order valence-electron chi connectivity index (χ2n) is 6.11. The molecule has 0 bridgehead atoms. The molecular weight excluding hydrogens is 278 g/mol. The zero-order valence-electron chi connectivity index (χ0n) is 13.2. The van der Waals surface area contributed by atoms with Gasteiger partial charge in [0.2, 0.25) is 5.91 Å². The number of nitrogens with one attached hydrogen (secondary N) is 2. The van der Waals surface area contributed by atoms with E-state index >= 15 is 0 Å². The van der Waals surface area contributed by atoms with Crippen molar-refractivity contribution < 1.29 is 9.53 Å². The SMILES string of the molecule is COc1ccccc1N1CCC(NC(=O)[C@H]2CCCCN2)C1. The maximum Gasteiger partial charge on any atom is 0.237 e. The zero-order chi connectivity index (χ0) is 15.4. The Hall–Kier alpha value is -1.75. The molecule has 1 aromatic rings. The van der Waals surface area contributed by atoms with Crippen LogP contribution in [0.25, 0.3) is 0 Å². The Morgan fingerprint density at radius 3 is 2.95 bits per heavy atom. The molecule has 2 N–H and O–H groups in total. The van der Waals surface area contributed by atoms with E-state index < -0.39 is 0 Å². The van der Waals surface area contributed by atoms with E-state index in [0.717, 1.165) is 50.3 Å². The topological polar surface area (TPSA) is 53.6 Å². The molecule has 1 unspecified atom stereocenters. The lowest BCUT2D eigenvalue weighted by Crippen LogP contribution is -2.50. The van der Waals surface area contributed by atoms with E-state index in [1.165, 1.54) is 6.42 Å². The van der Waals surface area contributed by atoms with Gasteiger partial charge in [0, 0.05) is 19.1 Å². The van der Waals surface area contributed by atoms with Gasteiger partial charge in [0.1, 0.15) is 5.75 Å². The van der Waals surface area contributed by atoms with Gasteiger partial charge in [-0.15, -0.1) is 0 Å². The molecule has 2 aliphatic heterocycles. The van der Waals surface area contributed by atoms with Crippen LogP contribution >= 0.6 is 0 Å². The van der Waals surface area contributed by atoms with E-state index in [0.29, 0.717) is 0 Å². The van der Waals surface area contributed by atoms with Gasteiger partial charge in [0.05, 0.1) is 18.8 Å². The number of methoxy groups -OCH3 is 1. The molecule has 2 heterocycles. The number of hydrogen-bond acceptors (Lipinski definition) is 4. The minimum Gasteiger partial charge on any atom is -0.495 e. The maximum atomic E-state index is 12.3. The molecule has 1 aromatic carbocycles. The molecule has 0 spiro atoms. The van der Waals surface area contributed by atoms with Crippen LogP contribution in [0.1, 0.15) is 25.7 Å². The van der Waals surface area contributed by atoms with Crippen LogP contribution in [0.2, 0.25) is 0 Å². The van der Waals surface area contributed by atoms with Crippen LogP contribution < -0.4 is 20.3 Å². The largest absolute Gasteiger partial charge is 0.495 e. The van der Waals surface area contributed by atoms with Gasteiger partial charge in [-0.2, -0.15) is 0 Å². The van der Waals surface area contributed by atoms with Crippen molar-refractivity contribution in [2.45, 2.75) is 37.8 Å². The van der Waals surface area contributed by atoms with Gasteiger partial charge in [-0.3, -0.25) is 4.79 Å². The van der Waals surface area contributed by atoms with E-state index in [1.807, 2.05) is 18.2 Å². The van der Waals surface area contributed by atoms with Crippen molar-refractivity contribution in [2.24, 2.45) is 0 Å².